The van der Waals surface area contributed by atoms with Gasteiger partial charge in [0.05, 0.1) is 26.4 Å². The van der Waals surface area contributed by atoms with E-state index in [-0.39, 0.29) is 12.1 Å². The summed E-state index contributed by atoms with van der Waals surface area (Å²) in [5.41, 5.74) is 7.79. The van der Waals surface area contributed by atoms with Crippen molar-refractivity contribution in [3.05, 3.63) is 57.5 Å². The molecule has 2 N–H and O–H groups in total. The van der Waals surface area contributed by atoms with E-state index < -0.39 is 0 Å². The van der Waals surface area contributed by atoms with Gasteiger partial charge in [0.15, 0.2) is 0 Å². The number of aryl methyl sites for hydroxylation is 1. The van der Waals surface area contributed by atoms with Crippen molar-refractivity contribution in [3.63, 3.8) is 0 Å². The zero-order valence-electron chi connectivity index (χ0n) is 12.1. The Morgan fingerprint density at radius 1 is 1.38 bits per heavy atom. The Kier molecular flexibility index (Phi) is 4.75. The van der Waals surface area contributed by atoms with E-state index in [1.54, 1.807) is 19.4 Å². The van der Waals surface area contributed by atoms with E-state index in [1.165, 1.54) is 4.68 Å². The van der Waals surface area contributed by atoms with Crippen molar-refractivity contribution in [2.75, 3.05) is 13.7 Å². The molecule has 0 saturated heterocycles. The van der Waals surface area contributed by atoms with Crippen molar-refractivity contribution in [1.29, 1.82) is 0 Å². The molecule has 0 aliphatic heterocycles. The van der Waals surface area contributed by atoms with Crippen LogP contribution in [0.1, 0.15) is 16.7 Å². The average molecular weight is 283 g/mol. The van der Waals surface area contributed by atoms with E-state index in [1.807, 2.05) is 25.1 Å². The molecule has 1 aromatic carbocycles. The van der Waals surface area contributed by atoms with Crippen LogP contribution in [0, 0.1) is 18.8 Å². The van der Waals surface area contributed by atoms with Crippen LogP contribution in [0.4, 0.5) is 0 Å². The van der Waals surface area contributed by atoms with Crippen LogP contribution in [-0.4, -0.2) is 23.4 Å². The molecule has 0 aliphatic rings. The van der Waals surface area contributed by atoms with Gasteiger partial charge in [0.2, 0.25) is 0 Å². The van der Waals surface area contributed by atoms with E-state index in [0.29, 0.717) is 12.3 Å². The third-order valence-electron chi connectivity index (χ3n) is 2.96. The maximum Gasteiger partial charge on any atom is 0.267 e. The first-order valence-electron chi connectivity index (χ1n) is 6.53. The van der Waals surface area contributed by atoms with Gasteiger partial charge in [-0.1, -0.05) is 11.8 Å². The lowest BCUT2D eigenvalue weighted by Crippen LogP contribution is -2.23. The third-order valence-corrected chi connectivity index (χ3v) is 2.96. The monoisotopic (exact) mass is 283 g/mol. The van der Waals surface area contributed by atoms with Crippen molar-refractivity contribution < 1.29 is 4.74 Å². The van der Waals surface area contributed by atoms with Gasteiger partial charge in [0.1, 0.15) is 5.75 Å². The Bertz CT molecular complexity index is 754. The molecule has 5 nitrogen and oxygen atoms in total. The predicted octanol–water partition coefficient (Wildman–Crippen LogP) is 0.919. The van der Waals surface area contributed by atoms with Gasteiger partial charge in [-0.05, 0) is 36.2 Å². The Labute approximate surface area is 123 Å². The van der Waals surface area contributed by atoms with Gasteiger partial charge in [-0.15, -0.1) is 0 Å². The number of rotatable bonds is 3. The SMILES string of the molecule is COc1ccc(C#CCN)c(Cn2ncc(C)cc2=O)c1. The second-order valence-electron chi connectivity index (χ2n) is 4.56. The fourth-order valence-electron chi connectivity index (χ4n) is 1.90. The lowest BCUT2D eigenvalue weighted by atomic mass is 10.1. The first-order valence-corrected chi connectivity index (χ1v) is 6.53. The number of hydrogen-bond acceptors (Lipinski definition) is 4. The highest BCUT2D eigenvalue weighted by molar-refractivity contribution is 5.45. The molecule has 0 amide bonds. The minimum atomic E-state index is -0.143. The van der Waals surface area contributed by atoms with Crippen molar-refractivity contribution in [1.82, 2.24) is 9.78 Å². The molecule has 5 heteroatoms. The molecule has 2 aromatic rings. The molecule has 21 heavy (non-hydrogen) atoms. The number of nitrogens with two attached hydrogens (primary N) is 1. The van der Waals surface area contributed by atoms with Crippen molar-refractivity contribution in [2.45, 2.75) is 13.5 Å². The second kappa shape index (κ2) is 6.73. The molecule has 0 bridgehead atoms. The molecule has 0 unspecified atom stereocenters. The summed E-state index contributed by atoms with van der Waals surface area (Å²) in [7, 11) is 1.60. The van der Waals surface area contributed by atoms with Crippen LogP contribution in [0.2, 0.25) is 0 Å². The van der Waals surface area contributed by atoms with E-state index in [0.717, 1.165) is 16.7 Å². The average Bonchev–Trinajstić information content (AvgIpc) is 2.48. The molecule has 0 radical (unpaired) electrons. The summed E-state index contributed by atoms with van der Waals surface area (Å²) in [6, 6.07) is 7.10. The standard InChI is InChI=1S/C16H17N3O2/c1-12-8-16(20)19(18-10-12)11-14-9-15(21-2)6-5-13(14)4-3-7-17/h5-6,8-10H,7,11,17H2,1-2H3. The normalized spacial score (nSPS) is 9.86. The highest BCUT2D eigenvalue weighted by Gasteiger charge is 2.06. The third kappa shape index (κ3) is 3.71. The maximum absolute atomic E-state index is 11.9. The summed E-state index contributed by atoms with van der Waals surface area (Å²) in [6.45, 7) is 2.46. The Hall–Kier alpha value is -2.58. The quantitative estimate of drug-likeness (QED) is 0.850. The molecule has 1 heterocycles. The molecule has 0 atom stereocenters. The first kappa shape index (κ1) is 14.8. The first-order chi connectivity index (χ1) is 10.1. The van der Waals surface area contributed by atoms with Crippen LogP contribution < -0.4 is 16.0 Å². The number of nitrogens with zero attached hydrogens (tertiary/aromatic N) is 2. The van der Waals surface area contributed by atoms with E-state index in [2.05, 4.69) is 16.9 Å². The van der Waals surface area contributed by atoms with Crippen LogP contribution in [0.15, 0.2) is 35.3 Å². The zero-order chi connectivity index (χ0) is 15.2. The van der Waals surface area contributed by atoms with Gasteiger partial charge in [0, 0.05) is 11.6 Å². The van der Waals surface area contributed by atoms with Crippen LogP contribution in [0.3, 0.4) is 0 Å². The summed E-state index contributed by atoms with van der Waals surface area (Å²) >= 11 is 0. The number of ether oxygens (including phenoxy) is 1. The lowest BCUT2D eigenvalue weighted by Gasteiger charge is -2.09. The molecule has 2 rings (SSSR count). The van der Waals surface area contributed by atoms with E-state index in [4.69, 9.17) is 10.5 Å². The summed E-state index contributed by atoms with van der Waals surface area (Å²) < 4.78 is 6.62. The highest BCUT2D eigenvalue weighted by Crippen LogP contribution is 2.17. The van der Waals surface area contributed by atoms with Gasteiger partial charge < -0.3 is 10.5 Å². The second-order valence-corrected chi connectivity index (χ2v) is 4.56. The van der Waals surface area contributed by atoms with Gasteiger partial charge >= 0.3 is 0 Å². The molecule has 0 aliphatic carbocycles. The molecule has 108 valence electrons. The van der Waals surface area contributed by atoms with Crippen molar-refractivity contribution in [3.8, 4) is 17.6 Å². The lowest BCUT2D eigenvalue weighted by molar-refractivity contribution is 0.414. The summed E-state index contributed by atoms with van der Waals surface area (Å²) in [4.78, 5) is 11.9. The van der Waals surface area contributed by atoms with Crippen LogP contribution in [0.5, 0.6) is 5.75 Å². The zero-order valence-corrected chi connectivity index (χ0v) is 12.1. The number of hydrogen-bond donors (Lipinski definition) is 1. The van der Waals surface area contributed by atoms with Crippen LogP contribution in [0.25, 0.3) is 0 Å². The van der Waals surface area contributed by atoms with Gasteiger partial charge in [0.25, 0.3) is 5.56 Å². The van der Waals surface area contributed by atoms with Crippen LogP contribution in [-0.2, 0) is 6.54 Å². The van der Waals surface area contributed by atoms with E-state index in [9.17, 15) is 4.79 Å². The molecule has 0 spiro atoms. The number of aromatic nitrogens is 2. The predicted molar refractivity (Wildman–Crippen MR) is 81.3 cm³/mol. The minimum Gasteiger partial charge on any atom is -0.497 e. The fraction of sp³-hybridized carbons (Fsp3) is 0.250. The Morgan fingerprint density at radius 2 is 2.19 bits per heavy atom. The molecule has 1 aromatic heterocycles. The Morgan fingerprint density at radius 3 is 2.86 bits per heavy atom. The number of methoxy groups -OCH3 is 1. The van der Waals surface area contributed by atoms with Gasteiger partial charge in [-0.2, -0.15) is 5.10 Å². The number of benzene rings is 1. The van der Waals surface area contributed by atoms with Gasteiger partial charge in [-0.3, -0.25) is 4.79 Å². The Balaban J connectivity index is 2.43. The van der Waals surface area contributed by atoms with Crippen molar-refractivity contribution >= 4 is 0 Å². The van der Waals surface area contributed by atoms with Crippen LogP contribution >= 0.6 is 0 Å². The summed E-state index contributed by atoms with van der Waals surface area (Å²) in [6.07, 6.45) is 1.66. The van der Waals surface area contributed by atoms with Gasteiger partial charge in [-0.25, -0.2) is 4.68 Å². The van der Waals surface area contributed by atoms with Crippen molar-refractivity contribution in [2.24, 2.45) is 5.73 Å². The molecular weight excluding hydrogens is 266 g/mol. The molecule has 0 saturated carbocycles. The smallest absolute Gasteiger partial charge is 0.267 e. The summed E-state index contributed by atoms with van der Waals surface area (Å²) in [5, 5.41) is 4.14. The highest BCUT2D eigenvalue weighted by atomic mass is 16.5. The topological polar surface area (TPSA) is 70.1 Å². The maximum atomic E-state index is 11.9. The fourth-order valence-corrected chi connectivity index (χ4v) is 1.90. The minimum absolute atomic E-state index is 0.143. The largest absolute Gasteiger partial charge is 0.497 e. The molecular formula is C16H17N3O2. The molecule has 0 fully saturated rings. The van der Waals surface area contributed by atoms with E-state index >= 15 is 0 Å². The summed E-state index contributed by atoms with van der Waals surface area (Å²) in [5.74, 6) is 6.53.